The van der Waals surface area contributed by atoms with Gasteiger partial charge in [0.15, 0.2) is 0 Å². The van der Waals surface area contributed by atoms with Crippen LogP contribution in [0.2, 0.25) is 0 Å². The summed E-state index contributed by atoms with van der Waals surface area (Å²) in [5, 5.41) is 28.2. The number of hydrogen-bond acceptors (Lipinski definition) is 5. The third-order valence-corrected chi connectivity index (χ3v) is 3.68. The van der Waals surface area contributed by atoms with E-state index in [1.54, 1.807) is 38.1 Å². The van der Waals surface area contributed by atoms with Crippen LogP contribution in [0, 0.1) is 13.8 Å². The smallest absolute Gasteiger partial charge is 0.318 e. The van der Waals surface area contributed by atoms with Crippen molar-refractivity contribution < 1.29 is 24.9 Å². The van der Waals surface area contributed by atoms with Gasteiger partial charge >= 0.3 is 5.97 Å². The van der Waals surface area contributed by atoms with Crippen LogP contribution in [0.4, 0.5) is 0 Å². The van der Waals surface area contributed by atoms with Crippen molar-refractivity contribution in [2.24, 2.45) is 0 Å². The van der Waals surface area contributed by atoms with Gasteiger partial charge in [0.1, 0.15) is 24.0 Å². The lowest BCUT2D eigenvalue weighted by molar-refractivity contribution is -0.145. The number of esters is 1. The lowest BCUT2D eigenvalue weighted by Crippen LogP contribution is -2.19. The second-order valence-corrected chi connectivity index (χ2v) is 5.42. The summed E-state index contributed by atoms with van der Waals surface area (Å²) in [6.07, 6.45) is 0. The standard InChI is InChI=1S/C18H20O5/c1-11-9-13(3-5-15(11)20)17(18(22)23-8-7-19)14-4-6-16(21)12(2)10-14/h3-6,9-10,17,19-21H,7-8H2,1-2H3. The maximum absolute atomic E-state index is 12.4. The van der Waals surface area contributed by atoms with Crippen LogP contribution in [0.3, 0.4) is 0 Å². The number of aryl methyl sites for hydroxylation is 2. The van der Waals surface area contributed by atoms with Crippen molar-refractivity contribution in [2.45, 2.75) is 19.8 Å². The summed E-state index contributed by atoms with van der Waals surface area (Å²) in [5.41, 5.74) is 2.65. The first-order valence-electron chi connectivity index (χ1n) is 7.30. The summed E-state index contributed by atoms with van der Waals surface area (Å²) in [6, 6.07) is 9.84. The van der Waals surface area contributed by atoms with Crippen molar-refractivity contribution in [2.75, 3.05) is 13.2 Å². The molecule has 0 fully saturated rings. The molecule has 2 rings (SSSR count). The number of phenols is 2. The van der Waals surface area contributed by atoms with Crippen LogP contribution in [-0.4, -0.2) is 34.5 Å². The number of aromatic hydroxyl groups is 2. The van der Waals surface area contributed by atoms with E-state index >= 15 is 0 Å². The number of carbonyl (C=O) groups excluding carboxylic acids is 1. The molecule has 122 valence electrons. The molecule has 0 amide bonds. The molecule has 5 heteroatoms. The zero-order valence-electron chi connectivity index (χ0n) is 13.1. The normalized spacial score (nSPS) is 10.8. The fourth-order valence-corrected chi connectivity index (χ4v) is 2.41. The van der Waals surface area contributed by atoms with Crippen molar-refractivity contribution in [1.82, 2.24) is 0 Å². The van der Waals surface area contributed by atoms with Gasteiger partial charge in [0.25, 0.3) is 0 Å². The van der Waals surface area contributed by atoms with E-state index in [0.29, 0.717) is 22.3 Å². The Labute approximate surface area is 134 Å². The minimum atomic E-state index is -0.694. The molecule has 0 radical (unpaired) electrons. The molecule has 0 aromatic heterocycles. The minimum absolute atomic E-state index is 0.0799. The van der Waals surface area contributed by atoms with Crippen molar-refractivity contribution >= 4 is 5.97 Å². The predicted octanol–water partition coefficient (Wildman–Crippen LogP) is 2.38. The highest BCUT2D eigenvalue weighted by Crippen LogP contribution is 2.31. The molecule has 0 aliphatic carbocycles. The molecule has 0 spiro atoms. The number of aliphatic hydroxyl groups is 1. The maximum Gasteiger partial charge on any atom is 0.318 e. The van der Waals surface area contributed by atoms with Crippen molar-refractivity contribution in [3.63, 3.8) is 0 Å². The zero-order valence-corrected chi connectivity index (χ0v) is 13.1. The summed E-state index contributed by atoms with van der Waals surface area (Å²) >= 11 is 0. The Morgan fingerprint density at radius 2 is 1.48 bits per heavy atom. The van der Waals surface area contributed by atoms with Gasteiger partial charge in [0.2, 0.25) is 0 Å². The monoisotopic (exact) mass is 316 g/mol. The first-order valence-corrected chi connectivity index (χ1v) is 7.30. The van der Waals surface area contributed by atoms with Gasteiger partial charge in [-0.05, 0) is 48.2 Å². The molecule has 0 saturated heterocycles. The Balaban J connectivity index is 2.47. The Morgan fingerprint density at radius 3 is 1.87 bits per heavy atom. The number of aliphatic hydroxyl groups excluding tert-OH is 1. The number of phenolic OH excluding ortho intramolecular Hbond substituents is 2. The number of hydrogen-bond donors (Lipinski definition) is 3. The second-order valence-electron chi connectivity index (χ2n) is 5.42. The molecule has 0 heterocycles. The molecule has 0 saturated carbocycles. The molecule has 0 atom stereocenters. The van der Waals surface area contributed by atoms with E-state index in [-0.39, 0.29) is 24.7 Å². The molecule has 0 bridgehead atoms. The van der Waals surface area contributed by atoms with Crippen LogP contribution in [0.5, 0.6) is 11.5 Å². The maximum atomic E-state index is 12.4. The van der Waals surface area contributed by atoms with Crippen molar-refractivity contribution in [1.29, 1.82) is 0 Å². The van der Waals surface area contributed by atoms with Gasteiger partial charge in [0.05, 0.1) is 6.61 Å². The molecule has 0 aliphatic rings. The average molecular weight is 316 g/mol. The summed E-state index contributed by atoms with van der Waals surface area (Å²) in [7, 11) is 0. The largest absolute Gasteiger partial charge is 0.508 e. The van der Waals surface area contributed by atoms with E-state index in [4.69, 9.17) is 9.84 Å². The molecule has 0 unspecified atom stereocenters. The number of benzene rings is 2. The summed E-state index contributed by atoms with van der Waals surface area (Å²) < 4.78 is 5.09. The van der Waals surface area contributed by atoms with E-state index in [9.17, 15) is 15.0 Å². The van der Waals surface area contributed by atoms with Crippen LogP contribution in [-0.2, 0) is 9.53 Å². The molecule has 0 aliphatic heterocycles. The second kappa shape index (κ2) is 7.15. The highest BCUT2D eigenvalue weighted by Gasteiger charge is 2.25. The van der Waals surface area contributed by atoms with Crippen LogP contribution >= 0.6 is 0 Å². The van der Waals surface area contributed by atoms with E-state index in [2.05, 4.69) is 0 Å². The van der Waals surface area contributed by atoms with Crippen LogP contribution < -0.4 is 0 Å². The number of carbonyl (C=O) groups is 1. The van der Waals surface area contributed by atoms with Gasteiger partial charge in [-0.15, -0.1) is 0 Å². The van der Waals surface area contributed by atoms with Gasteiger partial charge in [0, 0.05) is 0 Å². The first kappa shape index (κ1) is 16.8. The fourth-order valence-electron chi connectivity index (χ4n) is 2.41. The summed E-state index contributed by atoms with van der Waals surface area (Å²) in [4.78, 5) is 12.4. The fraction of sp³-hybridized carbons (Fsp3) is 0.278. The highest BCUT2D eigenvalue weighted by atomic mass is 16.5. The average Bonchev–Trinajstić information content (AvgIpc) is 2.52. The van der Waals surface area contributed by atoms with Crippen LogP contribution in [0.25, 0.3) is 0 Å². The topological polar surface area (TPSA) is 87.0 Å². The van der Waals surface area contributed by atoms with E-state index in [1.165, 1.54) is 12.1 Å². The van der Waals surface area contributed by atoms with Crippen LogP contribution in [0.15, 0.2) is 36.4 Å². The third-order valence-electron chi connectivity index (χ3n) is 3.68. The Morgan fingerprint density at radius 1 is 1.00 bits per heavy atom. The molecule has 3 N–H and O–H groups in total. The molecular weight excluding hydrogens is 296 g/mol. The zero-order chi connectivity index (χ0) is 17.0. The first-order chi connectivity index (χ1) is 10.9. The van der Waals surface area contributed by atoms with E-state index < -0.39 is 11.9 Å². The van der Waals surface area contributed by atoms with Crippen LogP contribution in [0.1, 0.15) is 28.2 Å². The van der Waals surface area contributed by atoms with Gasteiger partial charge in [-0.25, -0.2) is 0 Å². The quantitative estimate of drug-likeness (QED) is 0.737. The van der Waals surface area contributed by atoms with Gasteiger partial charge in [-0.3, -0.25) is 4.79 Å². The summed E-state index contributed by atoms with van der Waals surface area (Å²) in [5.74, 6) is -0.884. The molecule has 5 nitrogen and oxygen atoms in total. The molecule has 2 aromatic carbocycles. The van der Waals surface area contributed by atoms with Gasteiger partial charge in [-0.1, -0.05) is 24.3 Å². The molecular formula is C18H20O5. The lowest BCUT2D eigenvalue weighted by atomic mass is 9.89. The number of rotatable bonds is 5. The van der Waals surface area contributed by atoms with Gasteiger partial charge in [-0.2, -0.15) is 0 Å². The van der Waals surface area contributed by atoms with Gasteiger partial charge < -0.3 is 20.1 Å². The Kier molecular flexibility index (Phi) is 5.24. The minimum Gasteiger partial charge on any atom is -0.508 e. The number of ether oxygens (including phenoxy) is 1. The molecule has 23 heavy (non-hydrogen) atoms. The van der Waals surface area contributed by atoms with E-state index in [0.717, 1.165) is 0 Å². The van der Waals surface area contributed by atoms with E-state index in [1.807, 2.05) is 0 Å². The molecule has 2 aromatic rings. The lowest BCUT2D eigenvalue weighted by Gasteiger charge is -2.18. The SMILES string of the molecule is Cc1cc(C(C(=O)OCCO)c2ccc(O)c(C)c2)ccc1O. The predicted molar refractivity (Wildman–Crippen MR) is 85.6 cm³/mol. The highest BCUT2D eigenvalue weighted by molar-refractivity contribution is 5.82. The third kappa shape index (κ3) is 3.81. The Bertz CT molecular complexity index is 657. The van der Waals surface area contributed by atoms with Crippen molar-refractivity contribution in [3.05, 3.63) is 58.7 Å². The Hall–Kier alpha value is -2.53. The summed E-state index contributed by atoms with van der Waals surface area (Å²) in [6.45, 7) is 3.17. The van der Waals surface area contributed by atoms with Crippen molar-refractivity contribution in [3.8, 4) is 11.5 Å².